The molecule has 4 rings (SSSR count). The van der Waals surface area contributed by atoms with Gasteiger partial charge in [-0.25, -0.2) is 0 Å². The van der Waals surface area contributed by atoms with Gasteiger partial charge in [0.1, 0.15) is 0 Å². The third-order valence-corrected chi connectivity index (χ3v) is 6.19. The van der Waals surface area contributed by atoms with Gasteiger partial charge in [0.25, 0.3) is 0 Å². The Balaban J connectivity index is 1.34. The molecule has 3 aliphatic rings. The molecule has 0 atom stereocenters. The van der Waals surface area contributed by atoms with Gasteiger partial charge >= 0.3 is 0 Å². The zero-order valence-electron chi connectivity index (χ0n) is 14.8. The van der Waals surface area contributed by atoms with Crippen molar-refractivity contribution in [3.05, 3.63) is 0 Å². The van der Waals surface area contributed by atoms with Crippen molar-refractivity contribution in [2.75, 3.05) is 37.0 Å². The number of ether oxygens (including phenoxy) is 1. The molecule has 25 heavy (non-hydrogen) atoms. The molecule has 1 aliphatic heterocycles. The van der Waals surface area contributed by atoms with Crippen LogP contribution < -0.4 is 10.2 Å². The molecule has 0 radical (unpaired) electrons. The number of thioether (sulfide) groups is 1. The molecule has 3 fully saturated rings. The lowest BCUT2D eigenvalue weighted by Gasteiger charge is -2.27. The topological polar surface area (TPSA) is 72.3 Å². The van der Waals surface area contributed by atoms with Crippen LogP contribution in [-0.2, 0) is 16.1 Å². The smallest absolute Gasteiger partial charge is 0.230 e. The summed E-state index contributed by atoms with van der Waals surface area (Å²) >= 11 is 1.49. The van der Waals surface area contributed by atoms with Crippen molar-refractivity contribution < 1.29 is 9.53 Å². The van der Waals surface area contributed by atoms with E-state index in [1.807, 2.05) is 0 Å². The number of nitrogens with one attached hydrogen (secondary N) is 1. The molecule has 7 nitrogen and oxygen atoms in total. The molecule has 1 N–H and O–H groups in total. The molecule has 1 aromatic heterocycles. The zero-order chi connectivity index (χ0) is 17.2. The molecule has 2 aliphatic carbocycles. The molecule has 1 saturated heterocycles. The predicted octanol–water partition coefficient (Wildman–Crippen LogP) is 1.53. The summed E-state index contributed by atoms with van der Waals surface area (Å²) in [4.78, 5) is 14.6. The first-order valence-electron chi connectivity index (χ1n) is 9.44. The fourth-order valence-electron chi connectivity index (χ4n) is 3.55. The summed E-state index contributed by atoms with van der Waals surface area (Å²) in [6.07, 6.45) is 5.12. The van der Waals surface area contributed by atoms with E-state index in [0.717, 1.165) is 55.8 Å². The minimum absolute atomic E-state index is 0.132. The number of carbonyl (C=O) groups excluding carboxylic acids is 1. The summed E-state index contributed by atoms with van der Waals surface area (Å²) in [6, 6.07) is 0.418. The van der Waals surface area contributed by atoms with Gasteiger partial charge in [-0.2, -0.15) is 0 Å². The Kier molecular flexibility index (Phi) is 5.17. The van der Waals surface area contributed by atoms with Crippen molar-refractivity contribution in [3.63, 3.8) is 0 Å². The second-order valence-corrected chi connectivity index (χ2v) is 8.13. The number of nitrogens with zero attached hydrogens (tertiary/aromatic N) is 4. The van der Waals surface area contributed by atoms with Crippen molar-refractivity contribution in [3.8, 4) is 0 Å². The molecule has 0 aromatic carbocycles. The molecular formula is C17H27N5O2S. The summed E-state index contributed by atoms with van der Waals surface area (Å²) in [5, 5.41) is 12.8. The Morgan fingerprint density at radius 3 is 2.52 bits per heavy atom. The number of hydrogen-bond donors (Lipinski definition) is 1. The number of hydrogen-bond acceptors (Lipinski definition) is 6. The molecule has 0 unspecified atom stereocenters. The van der Waals surface area contributed by atoms with Crippen LogP contribution in [-0.4, -0.2) is 58.8 Å². The highest BCUT2D eigenvalue weighted by Crippen LogP contribution is 2.44. The minimum Gasteiger partial charge on any atom is -0.378 e. The van der Waals surface area contributed by atoms with Crippen LogP contribution in [0.2, 0.25) is 0 Å². The molecule has 0 bridgehead atoms. The number of carbonyl (C=O) groups is 1. The van der Waals surface area contributed by atoms with E-state index in [-0.39, 0.29) is 5.91 Å². The maximum absolute atomic E-state index is 12.4. The van der Waals surface area contributed by atoms with E-state index in [0.29, 0.717) is 11.8 Å². The molecule has 2 saturated carbocycles. The molecule has 8 heteroatoms. The molecule has 1 amide bonds. The van der Waals surface area contributed by atoms with E-state index in [9.17, 15) is 4.79 Å². The van der Waals surface area contributed by atoms with Gasteiger partial charge in [0.2, 0.25) is 11.9 Å². The summed E-state index contributed by atoms with van der Waals surface area (Å²) in [5.74, 6) is 2.90. The van der Waals surface area contributed by atoms with Crippen LogP contribution in [0.25, 0.3) is 0 Å². The first-order valence-corrected chi connectivity index (χ1v) is 10.4. The third-order valence-electron chi connectivity index (χ3n) is 5.23. The van der Waals surface area contributed by atoms with Gasteiger partial charge in [0.05, 0.1) is 19.0 Å². The quantitative estimate of drug-likeness (QED) is 0.705. The molecule has 1 aromatic rings. The lowest BCUT2D eigenvalue weighted by atomic mass is 10.1. The lowest BCUT2D eigenvalue weighted by Crippen LogP contribution is -2.39. The number of amides is 1. The number of rotatable bonds is 8. The number of aromatic nitrogens is 3. The van der Waals surface area contributed by atoms with Crippen molar-refractivity contribution in [2.45, 2.75) is 50.4 Å². The Morgan fingerprint density at radius 1 is 1.24 bits per heavy atom. The average Bonchev–Trinajstić information content (AvgIpc) is 3.56. The van der Waals surface area contributed by atoms with E-state index < -0.39 is 0 Å². The SMILES string of the molecule is CCn1c(SCC(=O)NC(C2CC2)C2CC2)nnc1N1CCOCC1. The fraction of sp³-hybridized carbons (Fsp3) is 0.824. The van der Waals surface area contributed by atoms with Crippen molar-refractivity contribution in [2.24, 2.45) is 11.8 Å². The van der Waals surface area contributed by atoms with Gasteiger partial charge in [-0.3, -0.25) is 9.36 Å². The van der Waals surface area contributed by atoms with E-state index in [2.05, 4.69) is 31.9 Å². The highest BCUT2D eigenvalue weighted by atomic mass is 32.2. The second-order valence-electron chi connectivity index (χ2n) is 7.18. The summed E-state index contributed by atoms with van der Waals surface area (Å²) in [6.45, 7) is 6.03. The monoisotopic (exact) mass is 365 g/mol. The van der Waals surface area contributed by atoms with Gasteiger partial charge in [0.15, 0.2) is 5.16 Å². The molecule has 0 spiro atoms. The average molecular weight is 366 g/mol. The zero-order valence-corrected chi connectivity index (χ0v) is 15.6. The first kappa shape index (κ1) is 17.1. The van der Waals surface area contributed by atoms with Crippen molar-refractivity contribution in [1.82, 2.24) is 20.1 Å². The predicted molar refractivity (Wildman–Crippen MR) is 96.8 cm³/mol. The van der Waals surface area contributed by atoms with E-state index >= 15 is 0 Å². The lowest BCUT2D eigenvalue weighted by molar-refractivity contribution is -0.119. The number of anilines is 1. The summed E-state index contributed by atoms with van der Waals surface area (Å²) in [5.41, 5.74) is 0. The van der Waals surface area contributed by atoms with Crippen LogP contribution in [0, 0.1) is 11.8 Å². The van der Waals surface area contributed by atoms with Gasteiger partial charge in [-0.1, -0.05) is 11.8 Å². The van der Waals surface area contributed by atoms with Gasteiger partial charge in [-0.15, -0.1) is 10.2 Å². The normalized spacial score (nSPS) is 21.0. The van der Waals surface area contributed by atoms with Crippen LogP contribution in [0.5, 0.6) is 0 Å². The number of morpholine rings is 1. The molecular weight excluding hydrogens is 338 g/mol. The third kappa shape index (κ3) is 4.11. The minimum atomic E-state index is 0.132. The van der Waals surface area contributed by atoms with Gasteiger partial charge in [0, 0.05) is 25.7 Å². The maximum atomic E-state index is 12.4. The maximum Gasteiger partial charge on any atom is 0.230 e. The van der Waals surface area contributed by atoms with Crippen LogP contribution in [0.4, 0.5) is 5.95 Å². The first-order chi connectivity index (χ1) is 12.3. The van der Waals surface area contributed by atoms with E-state index in [1.165, 1.54) is 37.4 Å². The Hall–Kier alpha value is -1.28. The van der Waals surface area contributed by atoms with Crippen LogP contribution in [0.3, 0.4) is 0 Å². The van der Waals surface area contributed by atoms with Gasteiger partial charge < -0.3 is 15.0 Å². The summed E-state index contributed by atoms with van der Waals surface area (Å²) in [7, 11) is 0. The van der Waals surface area contributed by atoms with Crippen LogP contribution in [0.1, 0.15) is 32.6 Å². The second kappa shape index (κ2) is 7.53. The van der Waals surface area contributed by atoms with Crippen LogP contribution in [0.15, 0.2) is 5.16 Å². The fourth-order valence-corrected chi connectivity index (χ4v) is 4.36. The van der Waals surface area contributed by atoms with Crippen LogP contribution >= 0.6 is 11.8 Å². The van der Waals surface area contributed by atoms with Crippen molar-refractivity contribution in [1.29, 1.82) is 0 Å². The van der Waals surface area contributed by atoms with Gasteiger partial charge in [-0.05, 0) is 44.4 Å². The largest absolute Gasteiger partial charge is 0.378 e. The molecule has 138 valence electrons. The Bertz CT molecular complexity index is 596. The standard InChI is InChI=1S/C17H27N5O2S/c1-2-22-16(21-7-9-24-10-8-21)19-20-17(22)25-11-14(23)18-15(12-3-4-12)13-5-6-13/h12-13,15H,2-11H2,1H3,(H,18,23). The molecule has 2 heterocycles. The van der Waals surface area contributed by atoms with Crippen molar-refractivity contribution >= 4 is 23.6 Å². The summed E-state index contributed by atoms with van der Waals surface area (Å²) < 4.78 is 7.51. The Morgan fingerprint density at radius 2 is 1.92 bits per heavy atom. The van der Waals surface area contributed by atoms with E-state index in [4.69, 9.17) is 4.74 Å². The van der Waals surface area contributed by atoms with E-state index in [1.54, 1.807) is 0 Å². The highest BCUT2D eigenvalue weighted by molar-refractivity contribution is 7.99. The highest BCUT2D eigenvalue weighted by Gasteiger charge is 2.42. The Labute approximate surface area is 152 Å².